The maximum atomic E-state index is 12.4. The van der Waals surface area contributed by atoms with Crippen LogP contribution in [0.25, 0.3) is 11.3 Å². The van der Waals surface area contributed by atoms with Gasteiger partial charge in [0.15, 0.2) is 5.13 Å². The zero-order chi connectivity index (χ0) is 15.6. The molecule has 7 heteroatoms. The van der Waals surface area contributed by atoms with Gasteiger partial charge in [-0.2, -0.15) is 0 Å². The summed E-state index contributed by atoms with van der Waals surface area (Å²) in [6.45, 7) is 1.01. The van der Waals surface area contributed by atoms with E-state index in [2.05, 4.69) is 10.3 Å². The van der Waals surface area contributed by atoms with E-state index in [4.69, 9.17) is 22.1 Å². The van der Waals surface area contributed by atoms with Gasteiger partial charge in [0.25, 0.3) is 0 Å². The molecule has 0 spiro atoms. The van der Waals surface area contributed by atoms with E-state index in [-0.39, 0.29) is 5.91 Å². The summed E-state index contributed by atoms with van der Waals surface area (Å²) in [6.07, 6.45) is 1.03. The Hall–Kier alpha value is -1.47. The molecule has 22 heavy (non-hydrogen) atoms. The van der Waals surface area contributed by atoms with Gasteiger partial charge in [-0.25, -0.2) is 4.98 Å². The van der Waals surface area contributed by atoms with Crippen molar-refractivity contribution >= 4 is 34.0 Å². The van der Waals surface area contributed by atoms with E-state index in [0.29, 0.717) is 36.2 Å². The van der Waals surface area contributed by atoms with E-state index < -0.39 is 5.54 Å². The smallest absolute Gasteiger partial charge is 0.246 e. The van der Waals surface area contributed by atoms with Crippen molar-refractivity contribution in [1.82, 2.24) is 4.98 Å². The lowest BCUT2D eigenvalue weighted by atomic mass is 9.90. The quantitative estimate of drug-likeness (QED) is 0.902. The fraction of sp³-hybridized carbons (Fsp3) is 0.333. The largest absolute Gasteiger partial charge is 0.381 e. The number of thiazole rings is 1. The van der Waals surface area contributed by atoms with Crippen molar-refractivity contribution in [2.45, 2.75) is 18.4 Å². The van der Waals surface area contributed by atoms with E-state index in [1.54, 1.807) is 0 Å². The molecule has 0 aliphatic carbocycles. The van der Waals surface area contributed by atoms with Crippen molar-refractivity contribution in [3.63, 3.8) is 0 Å². The van der Waals surface area contributed by atoms with Crippen molar-refractivity contribution in [2.75, 3.05) is 18.5 Å². The molecule has 0 radical (unpaired) electrons. The van der Waals surface area contributed by atoms with Gasteiger partial charge in [0.05, 0.1) is 5.69 Å². The molecule has 116 valence electrons. The first kappa shape index (κ1) is 15.4. The molecule has 3 N–H and O–H groups in total. The average Bonchev–Trinajstić information content (AvgIpc) is 2.97. The number of amides is 1. The predicted molar refractivity (Wildman–Crippen MR) is 88.2 cm³/mol. The van der Waals surface area contributed by atoms with E-state index in [1.165, 1.54) is 11.3 Å². The number of nitrogens with zero attached hydrogens (tertiary/aromatic N) is 1. The Morgan fingerprint density at radius 1 is 1.36 bits per heavy atom. The SMILES string of the molecule is NC1(C(=O)Nc2nc(-c3ccccc3Cl)cs2)CCOCC1. The highest BCUT2D eigenvalue weighted by Crippen LogP contribution is 2.30. The predicted octanol–water partition coefficient (Wildman–Crippen LogP) is 2.91. The number of rotatable bonds is 3. The Bertz CT molecular complexity index is 683. The fourth-order valence-electron chi connectivity index (χ4n) is 2.31. The molecule has 2 aromatic rings. The van der Waals surface area contributed by atoms with Crippen LogP contribution in [0.3, 0.4) is 0 Å². The van der Waals surface area contributed by atoms with E-state index in [9.17, 15) is 4.79 Å². The molecule has 0 bridgehead atoms. The minimum absolute atomic E-state index is 0.212. The van der Waals surface area contributed by atoms with E-state index in [0.717, 1.165) is 11.3 Å². The standard InChI is InChI=1S/C15H16ClN3O2S/c16-11-4-2-1-3-10(11)12-9-22-14(18-12)19-13(20)15(17)5-7-21-8-6-15/h1-4,9H,5-8,17H2,(H,18,19,20). The van der Waals surface area contributed by atoms with Gasteiger partial charge >= 0.3 is 0 Å². The summed E-state index contributed by atoms with van der Waals surface area (Å²) < 4.78 is 5.25. The molecule has 0 saturated carbocycles. The molecule has 1 aromatic heterocycles. The van der Waals surface area contributed by atoms with Gasteiger partial charge in [0.1, 0.15) is 5.54 Å². The molecule has 0 unspecified atom stereocenters. The summed E-state index contributed by atoms with van der Waals surface area (Å²) in [5.41, 5.74) is 6.86. The Kier molecular flexibility index (Phi) is 4.44. The number of hydrogen-bond donors (Lipinski definition) is 2. The maximum absolute atomic E-state index is 12.4. The Morgan fingerprint density at radius 3 is 2.82 bits per heavy atom. The summed E-state index contributed by atoms with van der Waals surface area (Å²) in [5, 5.41) is 5.83. The molecule has 5 nitrogen and oxygen atoms in total. The third kappa shape index (κ3) is 3.15. The number of benzene rings is 1. The van der Waals surface area contributed by atoms with Gasteiger partial charge in [0.2, 0.25) is 5.91 Å². The molecular weight excluding hydrogens is 322 g/mol. The van der Waals surface area contributed by atoms with Crippen LogP contribution in [0.4, 0.5) is 5.13 Å². The van der Waals surface area contributed by atoms with Gasteiger partial charge in [-0.3, -0.25) is 4.79 Å². The highest BCUT2D eigenvalue weighted by molar-refractivity contribution is 7.14. The molecule has 1 aliphatic rings. The number of carbonyl (C=O) groups excluding carboxylic acids is 1. The topological polar surface area (TPSA) is 77.2 Å². The number of nitrogens with two attached hydrogens (primary N) is 1. The lowest BCUT2D eigenvalue weighted by Crippen LogP contribution is -2.54. The van der Waals surface area contributed by atoms with Crippen molar-refractivity contribution in [3.05, 3.63) is 34.7 Å². The summed E-state index contributed by atoms with van der Waals surface area (Å²) in [7, 11) is 0. The van der Waals surface area contributed by atoms with Crippen LogP contribution in [0.15, 0.2) is 29.6 Å². The van der Waals surface area contributed by atoms with Crippen LogP contribution in [0, 0.1) is 0 Å². The fourth-order valence-corrected chi connectivity index (χ4v) is 3.25. The highest BCUT2D eigenvalue weighted by Gasteiger charge is 2.36. The van der Waals surface area contributed by atoms with Gasteiger partial charge in [0, 0.05) is 29.2 Å². The molecule has 2 heterocycles. The molecule has 1 fully saturated rings. The van der Waals surface area contributed by atoms with Crippen LogP contribution in [-0.2, 0) is 9.53 Å². The van der Waals surface area contributed by atoms with Crippen LogP contribution in [0.2, 0.25) is 5.02 Å². The second-order valence-electron chi connectivity index (χ2n) is 5.24. The summed E-state index contributed by atoms with van der Waals surface area (Å²) in [4.78, 5) is 16.8. The maximum Gasteiger partial charge on any atom is 0.246 e. The highest BCUT2D eigenvalue weighted by atomic mass is 35.5. The monoisotopic (exact) mass is 337 g/mol. The van der Waals surface area contributed by atoms with Gasteiger partial charge in [-0.15, -0.1) is 11.3 Å². The number of halogens is 1. The lowest BCUT2D eigenvalue weighted by molar-refractivity contribution is -0.124. The molecule has 1 amide bonds. The van der Waals surface area contributed by atoms with Crippen LogP contribution < -0.4 is 11.1 Å². The van der Waals surface area contributed by atoms with Gasteiger partial charge in [-0.1, -0.05) is 29.8 Å². The van der Waals surface area contributed by atoms with Crippen molar-refractivity contribution in [1.29, 1.82) is 0 Å². The first-order valence-corrected chi connectivity index (χ1v) is 8.23. The zero-order valence-corrected chi connectivity index (χ0v) is 13.4. The summed E-state index contributed by atoms with van der Waals surface area (Å²) in [5.74, 6) is -0.212. The van der Waals surface area contributed by atoms with Gasteiger partial charge < -0.3 is 15.8 Å². The number of carbonyl (C=O) groups is 1. The van der Waals surface area contributed by atoms with Crippen molar-refractivity contribution < 1.29 is 9.53 Å². The number of ether oxygens (including phenoxy) is 1. The summed E-state index contributed by atoms with van der Waals surface area (Å²) in [6, 6.07) is 7.47. The first-order valence-electron chi connectivity index (χ1n) is 6.97. The Labute approximate surface area is 137 Å². The number of aromatic nitrogens is 1. The Morgan fingerprint density at radius 2 is 2.09 bits per heavy atom. The molecular formula is C15H16ClN3O2S. The van der Waals surface area contributed by atoms with Crippen LogP contribution in [0.5, 0.6) is 0 Å². The molecule has 1 saturated heterocycles. The zero-order valence-electron chi connectivity index (χ0n) is 11.8. The minimum atomic E-state index is -0.880. The molecule has 0 atom stereocenters. The van der Waals surface area contributed by atoms with E-state index >= 15 is 0 Å². The molecule has 1 aliphatic heterocycles. The van der Waals surface area contributed by atoms with Crippen molar-refractivity contribution in [2.24, 2.45) is 5.73 Å². The Balaban J connectivity index is 1.74. The number of anilines is 1. The lowest BCUT2D eigenvalue weighted by Gasteiger charge is -2.31. The number of nitrogens with one attached hydrogen (secondary N) is 1. The third-order valence-electron chi connectivity index (χ3n) is 3.71. The average molecular weight is 338 g/mol. The third-order valence-corrected chi connectivity index (χ3v) is 4.80. The molecule has 1 aromatic carbocycles. The van der Waals surface area contributed by atoms with Crippen LogP contribution in [-0.4, -0.2) is 29.6 Å². The second kappa shape index (κ2) is 6.34. The normalized spacial score (nSPS) is 17.2. The summed E-state index contributed by atoms with van der Waals surface area (Å²) >= 11 is 7.52. The van der Waals surface area contributed by atoms with E-state index in [1.807, 2.05) is 29.6 Å². The van der Waals surface area contributed by atoms with Gasteiger partial charge in [-0.05, 0) is 18.9 Å². The van der Waals surface area contributed by atoms with Crippen molar-refractivity contribution in [3.8, 4) is 11.3 Å². The minimum Gasteiger partial charge on any atom is -0.381 e. The van der Waals surface area contributed by atoms with Crippen LogP contribution >= 0.6 is 22.9 Å². The molecule has 3 rings (SSSR count). The number of hydrogen-bond acceptors (Lipinski definition) is 5. The van der Waals surface area contributed by atoms with Crippen LogP contribution in [0.1, 0.15) is 12.8 Å². The first-order chi connectivity index (χ1) is 10.6. The second-order valence-corrected chi connectivity index (χ2v) is 6.51.